The average molecular weight is 537 g/mol. The van der Waals surface area contributed by atoms with Gasteiger partial charge in [0.2, 0.25) is 0 Å². The Hall–Kier alpha value is -4.82. The van der Waals surface area contributed by atoms with Gasteiger partial charge < -0.3 is 25.4 Å². The molecule has 1 heterocycles. The number of methoxy groups -OCH3 is 1. The van der Waals surface area contributed by atoms with Gasteiger partial charge in [0.1, 0.15) is 17.2 Å². The molecule has 3 N–H and O–H groups in total. The van der Waals surface area contributed by atoms with Crippen LogP contribution in [0.1, 0.15) is 22.3 Å². The van der Waals surface area contributed by atoms with Crippen LogP contribution in [-0.4, -0.2) is 43.1 Å². The summed E-state index contributed by atoms with van der Waals surface area (Å²) < 4.78 is 11.3. The second-order valence-electron chi connectivity index (χ2n) is 9.61. The number of amides is 3. The van der Waals surface area contributed by atoms with Gasteiger partial charge in [0.05, 0.1) is 12.7 Å². The zero-order valence-electron chi connectivity index (χ0n) is 22.3. The fraction of sp³-hybridized carbons (Fsp3) is 0.188. The second kappa shape index (κ2) is 12.8. The number of benzene rings is 4. The predicted molar refractivity (Wildman–Crippen MR) is 156 cm³/mol. The minimum atomic E-state index is -0.416. The lowest BCUT2D eigenvalue weighted by atomic mass is 10.1. The third kappa shape index (κ3) is 7.18. The molecule has 1 unspecified atom stereocenters. The summed E-state index contributed by atoms with van der Waals surface area (Å²) in [5.74, 6) is 1.59. The molecule has 0 spiro atoms. The highest BCUT2D eigenvalue weighted by atomic mass is 16.5. The lowest BCUT2D eigenvalue weighted by Gasteiger charge is -2.18. The zero-order valence-corrected chi connectivity index (χ0v) is 22.3. The molecule has 40 heavy (non-hydrogen) atoms. The molecule has 0 saturated carbocycles. The summed E-state index contributed by atoms with van der Waals surface area (Å²) in [6, 6.07) is 31.5. The van der Waals surface area contributed by atoms with Gasteiger partial charge in [0.15, 0.2) is 0 Å². The summed E-state index contributed by atoms with van der Waals surface area (Å²) in [5, 5.41) is 8.71. The maximum Gasteiger partial charge on any atom is 0.323 e. The van der Waals surface area contributed by atoms with Crippen molar-refractivity contribution in [1.82, 2.24) is 10.2 Å². The van der Waals surface area contributed by atoms with Crippen LogP contribution in [0.25, 0.3) is 0 Å². The highest BCUT2D eigenvalue weighted by Gasteiger charge is 2.25. The topological polar surface area (TPSA) is 91.9 Å². The van der Waals surface area contributed by atoms with E-state index in [0.29, 0.717) is 28.4 Å². The Balaban J connectivity index is 1.13. The molecule has 1 saturated heterocycles. The lowest BCUT2D eigenvalue weighted by molar-refractivity contribution is 0.0934. The van der Waals surface area contributed by atoms with E-state index in [1.807, 2.05) is 48.5 Å². The normalized spacial score (nSPS) is 14.8. The molecular weight excluding hydrogens is 504 g/mol. The minimum Gasteiger partial charge on any atom is -0.496 e. The molecule has 1 atom stereocenters. The van der Waals surface area contributed by atoms with Gasteiger partial charge in [-0.3, -0.25) is 9.69 Å². The molecule has 1 fully saturated rings. The van der Waals surface area contributed by atoms with Crippen molar-refractivity contribution < 1.29 is 19.1 Å². The summed E-state index contributed by atoms with van der Waals surface area (Å²) in [4.78, 5) is 28.0. The number of rotatable bonds is 9. The molecule has 4 aromatic rings. The number of urea groups is 1. The fourth-order valence-corrected chi connectivity index (χ4v) is 4.68. The highest BCUT2D eigenvalue weighted by Crippen LogP contribution is 2.25. The van der Waals surface area contributed by atoms with Crippen molar-refractivity contribution in [2.45, 2.75) is 19.0 Å². The molecule has 8 heteroatoms. The average Bonchev–Trinajstić information content (AvgIpc) is 3.41. The van der Waals surface area contributed by atoms with E-state index < -0.39 is 6.03 Å². The summed E-state index contributed by atoms with van der Waals surface area (Å²) >= 11 is 0. The van der Waals surface area contributed by atoms with Crippen LogP contribution < -0.4 is 25.4 Å². The quantitative estimate of drug-likeness (QED) is 0.239. The van der Waals surface area contributed by atoms with Crippen molar-refractivity contribution in [2.24, 2.45) is 0 Å². The molecule has 8 nitrogen and oxygen atoms in total. The number of nitrogens with zero attached hydrogens (tertiary/aromatic N) is 1. The largest absolute Gasteiger partial charge is 0.496 e. The smallest absolute Gasteiger partial charge is 0.323 e. The van der Waals surface area contributed by atoms with Gasteiger partial charge in [0, 0.05) is 43.1 Å². The van der Waals surface area contributed by atoms with Crippen molar-refractivity contribution in [3.05, 3.63) is 114 Å². The number of likely N-dealkylation sites (tertiary alicyclic amines) is 1. The van der Waals surface area contributed by atoms with Crippen LogP contribution in [0.15, 0.2) is 103 Å². The Morgan fingerprint density at radius 1 is 0.825 bits per heavy atom. The summed E-state index contributed by atoms with van der Waals surface area (Å²) in [6.45, 7) is 2.59. The first kappa shape index (κ1) is 26.8. The minimum absolute atomic E-state index is 0.0639. The van der Waals surface area contributed by atoms with Crippen molar-refractivity contribution in [3.8, 4) is 17.2 Å². The molecule has 204 valence electrons. The first-order valence-electron chi connectivity index (χ1n) is 13.2. The van der Waals surface area contributed by atoms with Crippen LogP contribution in [0.3, 0.4) is 0 Å². The standard InChI is InChI=1S/C32H32N4O4/c1-39-30-20-25(35-32(38)34-24-12-15-28(16-13-24)40-27-10-6-3-7-11-27)14-17-29(30)31(37)33-26-18-19-36(22-26)21-23-8-4-2-5-9-23/h2-17,20,26H,18-19,21-22H2,1H3,(H,33,37)(H2,34,35,38). The number of anilines is 2. The Labute approximate surface area is 233 Å². The molecule has 0 aliphatic carbocycles. The third-order valence-corrected chi connectivity index (χ3v) is 6.65. The Bertz CT molecular complexity index is 1430. The number of carbonyl (C=O) groups excluding carboxylic acids is 2. The lowest BCUT2D eigenvalue weighted by Crippen LogP contribution is -2.37. The van der Waals surface area contributed by atoms with E-state index in [2.05, 4.69) is 33.0 Å². The number of carbonyl (C=O) groups is 2. The molecule has 3 amide bonds. The van der Waals surface area contributed by atoms with Gasteiger partial charge in [-0.25, -0.2) is 4.79 Å². The number of hydrogen-bond acceptors (Lipinski definition) is 5. The number of hydrogen-bond donors (Lipinski definition) is 3. The van der Waals surface area contributed by atoms with Crippen LogP contribution in [0.4, 0.5) is 16.2 Å². The van der Waals surface area contributed by atoms with E-state index in [1.54, 1.807) is 42.5 Å². The maximum atomic E-state index is 13.0. The van der Waals surface area contributed by atoms with Gasteiger partial charge >= 0.3 is 6.03 Å². The molecule has 1 aliphatic heterocycles. The number of ether oxygens (including phenoxy) is 2. The van der Waals surface area contributed by atoms with Gasteiger partial charge in [-0.15, -0.1) is 0 Å². The fourth-order valence-electron chi connectivity index (χ4n) is 4.68. The third-order valence-electron chi connectivity index (χ3n) is 6.65. The van der Waals surface area contributed by atoms with Gasteiger partial charge in [-0.05, 0) is 60.5 Å². The Morgan fingerprint density at radius 3 is 2.20 bits per heavy atom. The van der Waals surface area contributed by atoms with E-state index in [-0.39, 0.29) is 11.9 Å². The maximum absolute atomic E-state index is 13.0. The van der Waals surface area contributed by atoms with E-state index >= 15 is 0 Å². The van der Waals surface area contributed by atoms with E-state index in [0.717, 1.165) is 31.8 Å². The number of para-hydroxylation sites is 1. The number of nitrogens with one attached hydrogen (secondary N) is 3. The van der Waals surface area contributed by atoms with Crippen LogP contribution >= 0.6 is 0 Å². The van der Waals surface area contributed by atoms with Crippen LogP contribution in [0.2, 0.25) is 0 Å². The first-order valence-corrected chi connectivity index (χ1v) is 13.2. The van der Waals surface area contributed by atoms with Crippen LogP contribution in [0, 0.1) is 0 Å². The SMILES string of the molecule is COc1cc(NC(=O)Nc2ccc(Oc3ccccc3)cc2)ccc1C(=O)NC1CCN(Cc2ccccc2)C1. The zero-order chi connectivity index (χ0) is 27.7. The van der Waals surface area contributed by atoms with Gasteiger partial charge in [0.25, 0.3) is 5.91 Å². The Kier molecular flexibility index (Phi) is 8.58. The summed E-state index contributed by atoms with van der Waals surface area (Å²) in [5.41, 5.74) is 2.80. The molecule has 4 aromatic carbocycles. The molecular formula is C32H32N4O4. The molecule has 1 aliphatic rings. The van der Waals surface area contributed by atoms with Gasteiger partial charge in [-0.2, -0.15) is 0 Å². The van der Waals surface area contributed by atoms with E-state index in [1.165, 1.54) is 12.7 Å². The van der Waals surface area contributed by atoms with Gasteiger partial charge in [-0.1, -0.05) is 48.5 Å². The van der Waals surface area contributed by atoms with Crippen molar-refractivity contribution in [1.29, 1.82) is 0 Å². The molecule has 0 aromatic heterocycles. The molecule has 5 rings (SSSR count). The molecule has 0 radical (unpaired) electrons. The van der Waals surface area contributed by atoms with Crippen molar-refractivity contribution in [2.75, 3.05) is 30.8 Å². The highest BCUT2D eigenvalue weighted by molar-refractivity contribution is 6.01. The van der Waals surface area contributed by atoms with Crippen molar-refractivity contribution in [3.63, 3.8) is 0 Å². The van der Waals surface area contributed by atoms with Crippen LogP contribution in [0.5, 0.6) is 17.2 Å². The van der Waals surface area contributed by atoms with E-state index in [9.17, 15) is 9.59 Å². The summed E-state index contributed by atoms with van der Waals surface area (Å²) in [7, 11) is 1.51. The van der Waals surface area contributed by atoms with Crippen molar-refractivity contribution >= 4 is 23.3 Å². The van der Waals surface area contributed by atoms with Crippen LogP contribution in [-0.2, 0) is 6.54 Å². The van der Waals surface area contributed by atoms with E-state index in [4.69, 9.17) is 9.47 Å². The second-order valence-corrected chi connectivity index (χ2v) is 9.61. The summed E-state index contributed by atoms with van der Waals surface area (Å²) in [6.07, 6.45) is 0.889. The molecule has 0 bridgehead atoms. The first-order chi connectivity index (χ1) is 19.6. The predicted octanol–water partition coefficient (Wildman–Crippen LogP) is 6.14. The monoisotopic (exact) mass is 536 g/mol. The Morgan fingerprint density at radius 2 is 1.48 bits per heavy atom.